The molecule has 1 saturated heterocycles. The summed E-state index contributed by atoms with van der Waals surface area (Å²) >= 11 is 0. The van der Waals surface area contributed by atoms with Gasteiger partial charge in [0.05, 0.1) is 11.5 Å². The highest BCUT2D eigenvalue weighted by molar-refractivity contribution is 6.58. The molecule has 1 heterocycles. The van der Waals surface area contributed by atoms with Crippen LogP contribution < -0.4 is 4.74 Å². The van der Waals surface area contributed by atoms with Gasteiger partial charge < -0.3 is 4.74 Å². The maximum Gasteiger partial charge on any atom is 0.416 e. The van der Waals surface area contributed by atoms with E-state index in [0.717, 1.165) is 55.6 Å². The number of carbonyl (C=O) groups is 1. The fourth-order valence-corrected chi connectivity index (χ4v) is 9.06. The zero-order valence-electron chi connectivity index (χ0n) is 18.2. The third-order valence-electron chi connectivity index (χ3n) is 7.22. The molecule has 0 bridgehead atoms. The molecule has 168 valence electrons. The minimum absolute atomic E-state index is 0.125. The second kappa shape index (κ2) is 10.3. The average molecular weight is 441 g/mol. The molecule has 0 atom stereocenters. The van der Waals surface area contributed by atoms with E-state index in [9.17, 15) is 18.0 Å². The van der Waals surface area contributed by atoms with Crippen LogP contribution in [0, 0.1) is 23.7 Å². The lowest BCUT2D eigenvalue weighted by molar-refractivity contribution is -0.140. The smallest absolute Gasteiger partial charge is 0.416 e. The van der Waals surface area contributed by atoms with Crippen LogP contribution in [-0.2, 0) is 11.0 Å². The predicted molar refractivity (Wildman–Crippen MR) is 116 cm³/mol. The maximum absolute atomic E-state index is 12.6. The summed E-state index contributed by atoms with van der Waals surface area (Å²) in [5, 5.41) is 0. The quantitative estimate of drug-likeness (QED) is 0.268. The predicted octanol–water partition coefficient (Wildman–Crippen LogP) is 7.10. The minimum atomic E-state index is -4.38. The van der Waals surface area contributed by atoms with Crippen molar-refractivity contribution in [2.45, 2.75) is 83.1 Å². The molecule has 0 unspecified atom stereocenters. The summed E-state index contributed by atoms with van der Waals surface area (Å²) in [4.78, 5) is 12.5. The SMILES string of the molecule is CC(C)CC[SiH]1CCC(C2CCC(C(=O)Oc3ccc(C(F)(F)F)cc3)CC2)CC1. The summed E-state index contributed by atoms with van der Waals surface area (Å²) in [5.74, 6) is 2.17. The van der Waals surface area contributed by atoms with E-state index < -0.39 is 20.5 Å². The number of rotatable bonds is 6. The van der Waals surface area contributed by atoms with Crippen LogP contribution in [0.15, 0.2) is 24.3 Å². The van der Waals surface area contributed by atoms with Gasteiger partial charge in [0.25, 0.3) is 0 Å². The Morgan fingerprint density at radius 3 is 2.10 bits per heavy atom. The van der Waals surface area contributed by atoms with Gasteiger partial charge in [0.1, 0.15) is 5.75 Å². The molecule has 0 radical (unpaired) electrons. The second-order valence-corrected chi connectivity index (χ2v) is 13.3. The number of hydrogen-bond donors (Lipinski definition) is 0. The van der Waals surface area contributed by atoms with E-state index >= 15 is 0 Å². The van der Waals surface area contributed by atoms with Crippen LogP contribution in [0.3, 0.4) is 0 Å². The molecule has 0 N–H and O–H groups in total. The Bertz CT molecular complexity index is 671. The molecule has 3 rings (SSSR count). The lowest BCUT2D eigenvalue weighted by atomic mass is 9.74. The van der Waals surface area contributed by atoms with Crippen molar-refractivity contribution in [3.05, 3.63) is 29.8 Å². The molecule has 6 heteroatoms. The van der Waals surface area contributed by atoms with Gasteiger partial charge in [0, 0.05) is 8.80 Å². The molecule has 2 aliphatic rings. The van der Waals surface area contributed by atoms with Crippen molar-refractivity contribution in [2.75, 3.05) is 0 Å². The summed E-state index contributed by atoms with van der Waals surface area (Å²) < 4.78 is 43.3. The largest absolute Gasteiger partial charge is 0.426 e. The number of alkyl halides is 3. The molecule has 1 saturated carbocycles. The standard InChI is InChI=1S/C24H35F3O2Si/c1-17(2)11-14-30-15-12-19(13-16-30)18-3-5-20(6-4-18)23(28)29-22-9-7-21(8-10-22)24(25,26)27/h7-10,17-20,30H,3-6,11-16H2,1-2H3. The Hall–Kier alpha value is -1.30. The first-order valence-electron chi connectivity index (χ1n) is 11.6. The van der Waals surface area contributed by atoms with E-state index in [0.29, 0.717) is 0 Å². The number of benzene rings is 1. The van der Waals surface area contributed by atoms with E-state index in [1.807, 2.05) is 0 Å². The average Bonchev–Trinajstić information content (AvgIpc) is 2.72. The Kier molecular flexibility index (Phi) is 8.05. The molecule has 0 amide bonds. The fourth-order valence-electron chi connectivity index (χ4n) is 5.26. The van der Waals surface area contributed by atoms with Crippen molar-refractivity contribution in [1.82, 2.24) is 0 Å². The highest BCUT2D eigenvalue weighted by atomic mass is 28.3. The van der Waals surface area contributed by atoms with Crippen molar-refractivity contribution >= 4 is 14.8 Å². The number of esters is 1. The number of carbonyl (C=O) groups excluding carboxylic acids is 1. The van der Waals surface area contributed by atoms with Crippen LogP contribution in [0.25, 0.3) is 0 Å². The van der Waals surface area contributed by atoms with Gasteiger partial charge in [-0.3, -0.25) is 4.79 Å². The third-order valence-corrected chi connectivity index (χ3v) is 10.7. The first-order valence-corrected chi connectivity index (χ1v) is 14.1. The van der Waals surface area contributed by atoms with Crippen molar-refractivity contribution < 1.29 is 22.7 Å². The highest BCUT2D eigenvalue weighted by Gasteiger charge is 2.34. The van der Waals surface area contributed by atoms with E-state index in [1.165, 1.54) is 49.5 Å². The third kappa shape index (κ3) is 6.60. The Morgan fingerprint density at radius 1 is 1.00 bits per heavy atom. The normalized spacial score (nSPS) is 27.8. The number of ether oxygens (including phenoxy) is 1. The molecule has 1 aliphatic heterocycles. The Labute approximate surface area is 180 Å². The van der Waals surface area contributed by atoms with Gasteiger partial charge in [-0.25, -0.2) is 0 Å². The van der Waals surface area contributed by atoms with E-state index in [-0.39, 0.29) is 17.6 Å². The molecule has 0 spiro atoms. The molecular weight excluding hydrogens is 405 g/mol. The zero-order chi connectivity index (χ0) is 21.7. The summed E-state index contributed by atoms with van der Waals surface area (Å²) in [5.41, 5.74) is -0.732. The van der Waals surface area contributed by atoms with Crippen molar-refractivity contribution in [3.63, 3.8) is 0 Å². The molecule has 30 heavy (non-hydrogen) atoms. The summed E-state index contributed by atoms with van der Waals surface area (Å²) in [6.45, 7) is 4.64. The summed E-state index contributed by atoms with van der Waals surface area (Å²) in [6, 6.07) is 8.87. The van der Waals surface area contributed by atoms with Crippen LogP contribution >= 0.6 is 0 Å². The molecule has 1 aromatic carbocycles. The van der Waals surface area contributed by atoms with Gasteiger partial charge in [-0.05, 0) is 67.7 Å². The van der Waals surface area contributed by atoms with Gasteiger partial charge in [-0.1, -0.05) is 51.2 Å². The van der Waals surface area contributed by atoms with E-state index in [1.54, 1.807) is 0 Å². The van der Waals surface area contributed by atoms with Crippen LogP contribution in [0.5, 0.6) is 5.75 Å². The van der Waals surface area contributed by atoms with Crippen molar-refractivity contribution in [3.8, 4) is 5.75 Å². The highest BCUT2D eigenvalue weighted by Crippen LogP contribution is 2.41. The van der Waals surface area contributed by atoms with E-state index in [2.05, 4.69) is 13.8 Å². The van der Waals surface area contributed by atoms with Gasteiger partial charge in [0.15, 0.2) is 0 Å². The minimum Gasteiger partial charge on any atom is -0.426 e. The zero-order valence-corrected chi connectivity index (χ0v) is 19.4. The van der Waals surface area contributed by atoms with Crippen molar-refractivity contribution in [2.24, 2.45) is 23.7 Å². The molecular formula is C24H35F3O2Si. The van der Waals surface area contributed by atoms with Crippen LogP contribution in [-0.4, -0.2) is 14.8 Å². The molecule has 1 aromatic rings. The summed E-state index contributed by atoms with van der Waals surface area (Å²) in [6.07, 6.45) is 3.64. The van der Waals surface area contributed by atoms with Gasteiger partial charge in [0.2, 0.25) is 0 Å². The monoisotopic (exact) mass is 440 g/mol. The van der Waals surface area contributed by atoms with Gasteiger partial charge >= 0.3 is 12.1 Å². The molecule has 1 aliphatic carbocycles. The topological polar surface area (TPSA) is 26.3 Å². The number of hydrogen-bond acceptors (Lipinski definition) is 2. The van der Waals surface area contributed by atoms with Crippen LogP contribution in [0.2, 0.25) is 18.1 Å². The van der Waals surface area contributed by atoms with Crippen molar-refractivity contribution in [1.29, 1.82) is 0 Å². The van der Waals surface area contributed by atoms with Gasteiger partial charge in [-0.15, -0.1) is 0 Å². The molecule has 2 fully saturated rings. The van der Waals surface area contributed by atoms with Gasteiger partial charge in [-0.2, -0.15) is 13.2 Å². The first kappa shape index (κ1) is 23.4. The van der Waals surface area contributed by atoms with E-state index in [4.69, 9.17) is 4.74 Å². The number of halogens is 3. The Balaban J connectivity index is 1.40. The van der Waals surface area contributed by atoms with Crippen LogP contribution in [0.1, 0.15) is 64.4 Å². The summed E-state index contributed by atoms with van der Waals surface area (Å²) in [7, 11) is -0.503. The molecule has 0 aromatic heterocycles. The first-order chi connectivity index (χ1) is 14.2. The second-order valence-electron chi connectivity index (χ2n) is 9.81. The lowest BCUT2D eigenvalue weighted by Crippen LogP contribution is -2.31. The maximum atomic E-state index is 12.6. The molecule has 2 nitrogen and oxygen atoms in total. The van der Waals surface area contributed by atoms with Crippen LogP contribution in [0.4, 0.5) is 13.2 Å². The lowest BCUT2D eigenvalue weighted by Gasteiger charge is -2.37. The Morgan fingerprint density at radius 2 is 1.57 bits per heavy atom. The fraction of sp³-hybridized carbons (Fsp3) is 0.708.